The fraction of sp³-hybridized carbons (Fsp3) is 0.0714. The standard InChI is InChI=1S/C14H11Cl2NO/c1-8-3-2-4-12(17)13(8)14(18)10-6-5-9(15)7-11(10)16/h2-7H,17H2,1H3. The number of ketones is 1. The summed E-state index contributed by atoms with van der Waals surface area (Å²) in [7, 11) is 0. The molecule has 0 bridgehead atoms. The van der Waals surface area contributed by atoms with Crippen molar-refractivity contribution in [2.45, 2.75) is 6.92 Å². The van der Waals surface area contributed by atoms with Gasteiger partial charge in [0.05, 0.1) is 5.02 Å². The number of rotatable bonds is 2. The van der Waals surface area contributed by atoms with Gasteiger partial charge in [-0.3, -0.25) is 4.79 Å². The van der Waals surface area contributed by atoms with Crippen LogP contribution in [0.5, 0.6) is 0 Å². The van der Waals surface area contributed by atoms with Crippen LogP contribution in [0.4, 0.5) is 5.69 Å². The second-order valence-electron chi connectivity index (χ2n) is 3.99. The van der Waals surface area contributed by atoms with Gasteiger partial charge in [-0.25, -0.2) is 0 Å². The first-order chi connectivity index (χ1) is 8.50. The lowest BCUT2D eigenvalue weighted by Crippen LogP contribution is -2.08. The maximum Gasteiger partial charge on any atom is 0.196 e. The van der Waals surface area contributed by atoms with Crippen LogP contribution in [0.15, 0.2) is 36.4 Å². The van der Waals surface area contributed by atoms with Crippen molar-refractivity contribution in [2.75, 3.05) is 5.73 Å². The van der Waals surface area contributed by atoms with Crippen molar-refractivity contribution in [1.82, 2.24) is 0 Å². The van der Waals surface area contributed by atoms with Gasteiger partial charge in [0.2, 0.25) is 0 Å². The predicted molar refractivity (Wildman–Crippen MR) is 75.5 cm³/mol. The summed E-state index contributed by atoms with van der Waals surface area (Å²) in [6, 6.07) is 10.1. The Hall–Kier alpha value is -1.51. The van der Waals surface area contributed by atoms with E-state index >= 15 is 0 Å². The molecule has 92 valence electrons. The summed E-state index contributed by atoms with van der Waals surface area (Å²) in [5.74, 6) is -0.188. The average Bonchev–Trinajstić information content (AvgIpc) is 2.28. The third-order valence-electron chi connectivity index (χ3n) is 2.71. The number of carbonyl (C=O) groups excluding carboxylic acids is 1. The van der Waals surface area contributed by atoms with Crippen LogP contribution < -0.4 is 5.73 Å². The molecule has 18 heavy (non-hydrogen) atoms. The molecule has 0 aromatic heterocycles. The van der Waals surface area contributed by atoms with E-state index in [2.05, 4.69) is 0 Å². The monoisotopic (exact) mass is 279 g/mol. The molecular weight excluding hydrogens is 269 g/mol. The molecule has 2 nitrogen and oxygen atoms in total. The van der Waals surface area contributed by atoms with Crippen LogP contribution in [0.25, 0.3) is 0 Å². The fourth-order valence-corrected chi connectivity index (χ4v) is 2.30. The van der Waals surface area contributed by atoms with Gasteiger partial charge in [0.1, 0.15) is 0 Å². The van der Waals surface area contributed by atoms with E-state index in [9.17, 15) is 4.79 Å². The van der Waals surface area contributed by atoms with Crippen molar-refractivity contribution < 1.29 is 4.79 Å². The molecule has 2 rings (SSSR count). The van der Waals surface area contributed by atoms with Gasteiger partial charge in [-0.05, 0) is 36.8 Å². The van der Waals surface area contributed by atoms with Crippen LogP contribution in [0.2, 0.25) is 10.0 Å². The quantitative estimate of drug-likeness (QED) is 0.664. The van der Waals surface area contributed by atoms with Crippen molar-refractivity contribution in [3.63, 3.8) is 0 Å². The first-order valence-corrected chi connectivity index (χ1v) is 6.11. The molecule has 0 aliphatic rings. The molecule has 0 fully saturated rings. The molecule has 0 saturated heterocycles. The molecule has 0 radical (unpaired) electrons. The fourth-order valence-electron chi connectivity index (χ4n) is 1.81. The Balaban J connectivity index is 2.55. The van der Waals surface area contributed by atoms with E-state index in [1.165, 1.54) is 0 Å². The third kappa shape index (κ3) is 2.35. The second kappa shape index (κ2) is 5.01. The number of benzene rings is 2. The lowest BCUT2D eigenvalue weighted by Gasteiger charge is -2.09. The van der Waals surface area contributed by atoms with Crippen LogP contribution in [-0.2, 0) is 0 Å². The summed E-state index contributed by atoms with van der Waals surface area (Å²) in [4.78, 5) is 12.4. The van der Waals surface area contributed by atoms with Crippen molar-refractivity contribution in [2.24, 2.45) is 0 Å². The van der Waals surface area contributed by atoms with Gasteiger partial charge in [-0.2, -0.15) is 0 Å². The van der Waals surface area contributed by atoms with Gasteiger partial charge in [-0.1, -0.05) is 35.3 Å². The Morgan fingerprint density at radius 2 is 1.89 bits per heavy atom. The average molecular weight is 280 g/mol. The summed E-state index contributed by atoms with van der Waals surface area (Å²) in [6.45, 7) is 1.84. The number of nitrogens with two attached hydrogens (primary N) is 1. The van der Waals surface area contributed by atoms with Crippen molar-refractivity contribution in [3.05, 3.63) is 63.1 Å². The highest BCUT2D eigenvalue weighted by Gasteiger charge is 2.17. The van der Waals surface area contributed by atoms with Gasteiger partial charge >= 0.3 is 0 Å². The van der Waals surface area contributed by atoms with E-state index in [0.717, 1.165) is 5.56 Å². The lowest BCUT2D eigenvalue weighted by molar-refractivity contribution is 0.103. The predicted octanol–water partition coefficient (Wildman–Crippen LogP) is 4.12. The van der Waals surface area contributed by atoms with Gasteiger partial charge in [-0.15, -0.1) is 0 Å². The third-order valence-corrected chi connectivity index (χ3v) is 3.26. The largest absolute Gasteiger partial charge is 0.398 e. The first-order valence-electron chi connectivity index (χ1n) is 5.35. The Kier molecular flexibility index (Phi) is 3.60. The Morgan fingerprint density at radius 3 is 2.50 bits per heavy atom. The van der Waals surface area contributed by atoms with E-state index in [4.69, 9.17) is 28.9 Å². The molecular formula is C14H11Cl2NO. The zero-order valence-electron chi connectivity index (χ0n) is 9.71. The number of halogens is 2. The van der Waals surface area contributed by atoms with Gasteiger partial charge < -0.3 is 5.73 Å². The molecule has 0 aliphatic heterocycles. The summed E-state index contributed by atoms with van der Waals surface area (Å²) in [6.07, 6.45) is 0. The van der Waals surface area contributed by atoms with E-state index in [0.29, 0.717) is 26.9 Å². The molecule has 4 heteroatoms. The molecule has 0 unspecified atom stereocenters. The lowest BCUT2D eigenvalue weighted by atomic mass is 9.97. The number of aryl methyl sites for hydroxylation is 1. The Morgan fingerprint density at radius 1 is 1.17 bits per heavy atom. The molecule has 0 spiro atoms. The van der Waals surface area contributed by atoms with Crippen LogP contribution in [0.3, 0.4) is 0 Å². The SMILES string of the molecule is Cc1cccc(N)c1C(=O)c1ccc(Cl)cc1Cl. The minimum absolute atomic E-state index is 0.188. The van der Waals surface area contributed by atoms with Crippen LogP contribution >= 0.6 is 23.2 Å². The van der Waals surface area contributed by atoms with Gasteiger partial charge in [0.25, 0.3) is 0 Å². The molecule has 0 atom stereocenters. The normalized spacial score (nSPS) is 10.4. The Labute approximate surface area is 115 Å². The van der Waals surface area contributed by atoms with E-state index in [1.54, 1.807) is 24.3 Å². The van der Waals surface area contributed by atoms with E-state index in [-0.39, 0.29) is 5.78 Å². The summed E-state index contributed by atoms with van der Waals surface area (Å²) in [5, 5.41) is 0.824. The highest BCUT2D eigenvalue weighted by Crippen LogP contribution is 2.26. The molecule has 2 aromatic rings. The zero-order valence-corrected chi connectivity index (χ0v) is 11.2. The minimum atomic E-state index is -0.188. The molecule has 0 aliphatic carbocycles. The van der Waals surface area contributed by atoms with Gasteiger partial charge in [0, 0.05) is 21.8 Å². The molecule has 2 N–H and O–H groups in total. The number of hydrogen-bond donors (Lipinski definition) is 1. The summed E-state index contributed by atoms with van der Waals surface area (Å²) < 4.78 is 0. The number of anilines is 1. The topological polar surface area (TPSA) is 43.1 Å². The maximum absolute atomic E-state index is 12.4. The molecule has 0 saturated carbocycles. The smallest absolute Gasteiger partial charge is 0.196 e. The Bertz CT molecular complexity index is 603. The number of hydrogen-bond acceptors (Lipinski definition) is 2. The van der Waals surface area contributed by atoms with Crippen LogP contribution in [0, 0.1) is 6.92 Å². The minimum Gasteiger partial charge on any atom is -0.398 e. The number of carbonyl (C=O) groups is 1. The molecule has 0 heterocycles. The van der Waals surface area contributed by atoms with E-state index in [1.807, 2.05) is 19.1 Å². The zero-order chi connectivity index (χ0) is 13.3. The number of nitrogen functional groups attached to an aromatic ring is 1. The van der Waals surface area contributed by atoms with Crippen LogP contribution in [-0.4, -0.2) is 5.78 Å². The highest BCUT2D eigenvalue weighted by molar-refractivity contribution is 6.37. The van der Waals surface area contributed by atoms with E-state index < -0.39 is 0 Å². The van der Waals surface area contributed by atoms with Crippen molar-refractivity contribution >= 4 is 34.7 Å². The molecule has 0 amide bonds. The van der Waals surface area contributed by atoms with Gasteiger partial charge in [0.15, 0.2) is 5.78 Å². The van der Waals surface area contributed by atoms with Crippen molar-refractivity contribution in [1.29, 1.82) is 0 Å². The summed E-state index contributed by atoms with van der Waals surface area (Å²) >= 11 is 11.8. The highest BCUT2D eigenvalue weighted by atomic mass is 35.5. The molecule has 2 aromatic carbocycles. The van der Waals surface area contributed by atoms with Crippen LogP contribution in [0.1, 0.15) is 21.5 Å². The first kappa shape index (κ1) is 12.9. The maximum atomic E-state index is 12.4. The summed E-state index contributed by atoms with van der Waals surface area (Å²) in [5.41, 5.74) is 8.02. The van der Waals surface area contributed by atoms with Crippen molar-refractivity contribution in [3.8, 4) is 0 Å². The second-order valence-corrected chi connectivity index (χ2v) is 4.84.